The van der Waals surface area contributed by atoms with Gasteiger partial charge in [-0.15, -0.1) is 11.8 Å². The molecule has 5 heteroatoms. The molecule has 1 atom stereocenters. The van der Waals surface area contributed by atoms with Crippen molar-refractivity contribution in [3.8, 4) is 0 Å². The maximum Gasteiger partial charge on any atom is 0.224 e. The Balaban J connectivity index is 1.54. The van der Waals surface area contributed by atoms with E-state index < -0.39 is 0 Å². The Kier molecular flexibility index (Phi) is 5.66. The maximum atomic E-state index is 12.9. The van der Waals surface area contributed by atoms with E-state index in [2.05, 4.69) is 17.2 Å². The lowest BCUT2D eigenvalue weighted by Crippen LogP contribution is -2.13. The van der Waals surface area contributed by atoms with Crippen molar-refractivity contribution in [1.82, 2.24) is 4.98 Å². The van der Waals surface area contributed by atoms with Crippen LogP contribution in [0.3, 0.4) is 0 Å². The maximum absolute atomic E-state index is 12.9. The fraction of sp³-hybridized carbons (Fsp3) is 0.200. The summed E-state index contributed by atoms with van der Waals surface area (Å²) in [7, 11) is 0. The van der Waals surface area contributed by atoms with Crippen LogP contribution >= 0.6 is 11.8 Å². The van der Waals surface area contributed by atoms with E-state index in [4.69, 9.17) is 0 Å². The van der Waals surface area contributed by atoms with Crippen LogP contribution in [0, 0.1) is 5.82 Å². The number of halogens is 1. The molecule has 0 radical (unpaired) electrons. The highest BCUT2D eigenvalue weighted by Gasteiger charge is 2.10. The number of pyridine rings is 1. The number of nitrogens with zero attached hydrogens (tertiary/aromatic N) is 1. The molecule has 1 unspecified atom stereocenters. The highest BCUT2D eigenvalue weighted by molar-refractivity contribution is 7.99. The largest absolute Gasteiger partial charge is 0.326 e. The summed E-state index contributed by atoms with van der Waals surface area (Å²) in [5, 5.41) is 5.24. The van der Waals surface area contributed by atoms with Gasteiger partial charge in [0.25, 0.3) is 0 Å². The molecule has 1 N–H and O–H groups in total. The summed E-state index contributed by atoms with van der Waals surface area (Å²) < 4.78 is 12.9. The molecule has 1 amide bonds. The Hall–Kier alpha value is -2.40. The van der Waals surface area contributed by atoms with E-state index >= 15 is 0 Å². The van der Waals surface area contributed by atoms with E-state index in [0.29, 0.717) is 6.42 Å². The smallest absolute Gasteiger partial charge is 0.224 e. The first-order valence-corrected chi connectivity index (χ1v) is 9.04. The molecule has 1 heterocycles. The van der Waals surface area contributed by atoms with E-state index in [0.717, 1.165) is 27.8 Å². The molecule has 0 spiro atoms. The highest BCUT2D eigenvalue weighted by Crippen LogP contribution is 2.27. The van der Waals surface area contributed by atoms with E-state index in [9.17, 15) is 9.18 Å². The quantitative estimate of drug-likeness (QED) is 0.613. The monoisotopic (exact) mass is 354 g/mol. The molecule has 3 rings (SSSR count). The van der Waals surface area contributed by atoms with E-state index in [-0.39, 0.29) is 17.0 Å². The summed E-state index contributed by atoms with van der Waals surface area (Å²) in [4.78, 5) is 17.4. The number of hydrogen-bond donors (Lipinski definition) is 1. The van der Waals surface area contributed by atoms with Crippen molar-refractivity contribution in [1.29, 1.82) is 0 Å². The topological polar surface area (TPSA) is 42.0 Å². The van der Waals surface area contributed by atoms with Crippen LogP contribution in [0.15, 0.2) is 65.8 Å². The minimum atomic E-state index is -0.235. The Morgan fingerprint density at radius 2 is 2.00 bits per heavy atom. The SMILES string of the molecule is CC(CCC(=O)Nc1cccc2cnccc12)Sc1ccc(F)cc1. The molecule has 0 aliphatic rings. The van der Waals surface area contributed by atoms with Crippen molar-refractivity contribution in [3.05, 3.63) is 66.7 Å². The van der Waals surface area contributed by atoms with Crippen LogP contribution < -0.4 is 5.32 Å². The molecule has 0 saturated carbocycles. The van der Waals surface area contributed by atoms with Crippen molar-refractivity contribution >= 4 is 34.1 Å². The lowest BCUT2D eigenvalue weighted by molar-refractivity contribution is -0.116. The minimum Gasteiger partial charge on any atom is -0.326 e. The predicted molar refractivity (Wildman–Crippen MR) is 101 cm³/mol. The molecule has 25 heavy (non-hydrogen) atoms. The molecular formula is C20H19FN2OS. The molecular weight excluding hydrogens is 335 g/mol. The molecule has 0 fully saturated rings. The van der Waals surface area contributed by atoms with Gasteiger partial charge in [-0.2, -0.15) is 0 Å². The van der Waals surface area contributed by atoms with Gasteiger partial charge in [-0.1, -0.05) is 19.1 Å². The van der Waals surface area contributed by atoms with Gasteiger partial charge in [-0.25, -0.2) is 4.39 Å². The number of nitrogens with one attached hydrogen (secondary N) is 1. The second-order valence-electron chi connectivity index (χ2n) is 5.87. The third kappa shape index (κ3) is 4.79. The van der Waals surface area contributed by atoms with Crippen molar-refractivity contribution < 1.29 is 9.18 Å². The molecule has 3 aromatic rings. The predicted octanol–water partition coefficient (Wildman–Crippen LogP) is 5.27. The first-order valence-electron chi connectivity index (χ1n) is 8.16. The van der Waals surface area contributed by atoms with Gasteiger partial charge in [0.2, 0.25) is 5.91 Å². The number of benzene rings is 2. The molecule has 0 bridgehead atoms. The van der Waals surface area contributed by atoms with E-state index in [1.54, 1.807) is 36.3 Å². The summed E-state index contributed by atoms with van der Waals surface area (Å²) in [5.74, 6) is -0.238. The highest BCUT2D eigenvalue weighted by atomic mass is 32.2. The van der Waals surface area contributed by atoms with Crippen molar-refractivity contribution in [2.45, 2.75) is 29.9 Å². The van der Waals surface area contributed by atoms with Gasteiger partial charge in [0.1, 0.15) is 5.82 Å². The third-order valence-corrected chi connectivity index (χ3v) is 5.07. The second-order valence-corrected chi connectivity index (χ2v) is 7.38. The zero-order valence-electron chi connectivity index (χ0n) is 13.9. The third-order valence-electron chi connectivity index (χ3n) is 3.88. The Labute approximate surface area is 150 Å². The van der Waals surface area contributed by atoms with Crippen LogP contribution in [-0.2, 0) is 4.79 Å². The molecule has 2 aromatic carbocycles. The van der Waals surface area contributed by atoms with Gasteiger partial charge < -0.3 is 5.32 Å². The fourth-order valence-corrected chi connectivity index (χ4v) is 3.58. The molecule has 0 saturated heterocycles. The number of fused-ring (bicyclic) bond motifs is 1. The normalized spacial score (nSPS) is 12.1. The summed E-state index contributed by atoms with van der Waals surface area (Å²) in [6.07, 6.45) is 4.70. The van der Waals surface area contributed by atoms with Crippen LogP contribution in [0.25, 0.3) is 10.8 Å². The van der Waals surface area contributed by atoms with Gasteiger partial charge >= 0.3 is 0 Å². The lowest BCUT2D eigenvalue weighted by atomic mass is 10.1. The van der Waals surface area contributed by atoms with Crippen molar-refractivity contribution in [2.75, 3.05) is 5.32 Å². The van der Waals surface area contributed by atoms with Crippen molar-refractivity contribution in [2.24, 2.45) is 0 Å². The number of rotatable bonds is 6. The van der Waals surface area contributed by atoms with Crippen LogP contribution in [0.2, 0.25) is 0 Å². The molecule has 128 valence electrons. The number of carbonyl (C=O) groups excluding carboxylic acids is 1. The Bertz CT molecular complexity index is 862. The summed E-state index contributed by atoms with van der Waals surface area (Å²) >= 11 is 1.65. The van der Waals surface area contributed by atoms with Crippen LogP contribution in [-0.4, -0.2) is 16.1 Å². The molecule has 3 nitrogen and oxygen atoms in total. The lowest BCUT2D eigenvalue weighted by Gasteiger charge is -2.12. The van der Waals surface area contributed by atoms with Crippen LogP contribution in [0.5, 0.6) is 0 Å². The second kappa shape index (κ2) is 8.12. The first kappa shape index (κ1) is 17.4. The average Bonchev–Trinajstić information content (AvgIpc) is 2.62. The number of hydrogen-bond acceptors (Lipinski definition) is 3. The average molecular weight is 354 g/mol. The Morgan fingerprint density at radius 1 is 1.20 bits per heavy atom. The zero-order valence-corrected chi connectivity index (χ0v) is 14.7. The van der Waals surface area contributed by atoms with Gasteiger partial charge in [-0.3, -0.25) is 9.78 Å². The number of carbonyl (C=O) groups is 1. The van der Waals surface area contributed by atoms with E-state index in [1.807, 2.05) is 24.3 Å². The minimum absolute atomic E-state index is 0.00383. The Morgan fingerprint density at radius 3 is 2.80 bits per heavy atom. The van der Waals surface area contributed by atoms with Gasteiger partial charge in [-0.05, 0) is 42.8 Å². The number of aromatic nitrogens is 1. The van der Waals surface area contributed by atoms with Crippen LogP contribution in [0.1, 0.15) is 19.8 Å². The number of anilines is 1. The summed E-state index contributed by atoms with van der Waals surface area (Å²) in [6, 6.07) is 14.1. The summed E-state index contributed by atoms with van der Waals surface area (Å²) in [6.45, 7) is 2.07. The standard InChI is InChI=1S/C20H19FN2OS/c1-14(25-17-8-6-16(21)7-9-17)5-10-20(24)23-19-4-2-3-15-13-22-12-11-18(15)19/h2-4,6-9,11-14H,5,10H2,1H3,(H,23,24). The van der Waals surface area contributed by atoms with Crippen LogP contribution in [0.4, 0.5) is 10.1 Å². The number of amides is 1. The first-order chi connectivity index (χ1) is 12.1. The van der Waals surface area contributed by atoms with Crippen molar-refractivity contribution in [3.63, 3.8) is 0 Å². The fourth-order valence-electron chi connectivity index (χ4n) is 2.58. The molecule has 0 aliphatic heterocycles. The zero-order chi connectivity index (χ0) is 17.6. The van der Waals surface area contributed by atoms with Gasteiger partial charge in [0, 0.05) is 45.4 Å². The van der Waals surface area contributed by atoms with Gasteiger partial charge in [0.05, 0.1) is 0 Å². The number of thioether (sulfide) groups is 1. The van der Waals surface area contributed by atoms with Gasteiger partial charge in [0.15, 0.2) is 0 Å². The summed E-state index contributed by atoms with van der Waals surface area (Å²) in [5.41, 5.74) is 0.809. The molecule has 1 aromatic heterocycles. The van der Waals surface area contributed by atoms with E-state index in [1.165, 1.54) is 12.1 Å². The molecule has 0 aliphatic carbocycles.